The van der Waals surface area contributed by atoms with Crippen molar-refractivity contribution in [3.63, 3.8) is 0 Å². The second kappa shape index (κ2) is 4.14. The molecule has 2 aromatic rings. The van der Waals surface area contributed by atoms with Crippen LogP contribution in [-0.4, -0.2) is 22.0 Å². The molecule has 0 saturated carbocycles. The quantitative estimate of drug-likeness (QED) is 0.861. The molecule has 16 heavy (non-hydrogen) atoms. The highest BCUT2D eigenvalue weighted by Gasteiger charge is 2.11. The van der Waals surface area contributed by atoms with Gasteiger partial charge in [-0.2, -0.15) is 5.10 Å². The van der Waals surface area contributed by atoms with Crippen molar-refractivity contribution in [3.05, 3.63) is 23.9 Å². The Labute approximate surface area is 94.5 Å². The summed E-state index contributed by atoms with van der Waals surface area (Å²) in [5, 5.41) is 14.7. The van der Waals surface area contributed by atoms with Crippen LogP contribution in [0.1, 0.15) is 25.5 Å². The lowest BCUT2D eigenvalue weighted by molar-refractivity contribution is 0.283. The van der Waals surface area contributed by atoms with Crippen LogP contribution in [0, 0.1) is 0 Å². The van der Waals surface area contributed by atoms with Gasteiger partial charge in [-0.05, 0) is 25.5 Å². The van der Waals surface area contributed by atoms with E-state index in [2.05, 4.69) is 18.9 Å². The Morgan fingerprint density at radius 1 is 1.44 bits per heavy atom. The third kappa shape index (κ3) is 1.65. The highest BCUT2D eigenvalue weighted by molar-refractivity contribution is 5.87. The molecule has 0 spiro atoms. The van der Waals surface area contributed by atoms with Gasteiger partial charge in [-0.15, -0.1) is 0 Å². The fraction of sp³-hybridized carbons (Fsp3) is 0.417. The van der Waals surface area contributed by atoms with E-state index in [0.717, 1.165) is 22.2 Å². The average Bonchev–Trinajstić information content (AvgIpc) is 2.72. The molecule has 0 aliphatic carbocycles. The first-order valence-corrected chi connectivity index (χ1v) is 5.33. The van der Waals surface area contributed by atoms with Gasteiger partial charge >= 0.3 is 0 Å². The first-order chi connectivity index (χ1) is 7.67. The van der Waals surface area contributed by atoms with Crippen LogP contribution < -0.4 is 4.74 Å². The molecule has 1 heterocycles. The molecule has 0 aliphatic heterocycles. The van der Waals surface area contributed by atoms with Crippen LogP contribution in [0.15, 0.2) is 18.3 Å². The number of hydrogen-bond acceptors (Lipinski definition) is 3. The van der Waals surface area contributed by atoms with Crippen molar-refractivity contribution in [1.82, 2.24) is 9.78 Å². The second-order valence-corrected chi connectivity index (χ2v) is 4.05. The van der Waals surface area contributed by atoms with Gasteiger partial charge in [0.25, 0.3) is 0 Å². The Kier molecular flexibility index (Phi) is 2.83. The minimum Gasteiger partial charge on any atom is -0.494 e. The fourth-order valence-corrected chi connectivity index (χ4v) is 1.72. The summed E-state index contributed by atoms with van der Waals surface area (Å²) in [6.45, 7) is 4.15. The molecule has 0 radical (unpaired) electrons. The highest BCUT2D eigenvalue weighted by Crippen LogP contribution is 2.28. The summed E-state index contributed by atoms with van der Waals surface area (Å²) in [5.41, 5.74) is 1.69. The van der Waals surface area contributed by atoms with Crippen molar-refractivity contribution in [2.45, 2.75) is 26.5 Å². The number of hydrogen-bond donors (Lipinski definition) is 1. The topological polar surface area (TPSA) is 47.3 Å². The predicted molar refractivity (Wildman–Crippen MR) is 62.6 cm³/mol. The summed E-state index contributed by atoms with van der Waals surface area (Å²) in [5.74, 6) is 0.742. The van der Waals surface area contributed by atoms with E-state index in [-0.39, 0.29) is 6.61 Å². The maximum Gasteiger partial charge on any atom is 0.146 e. The molecule has 0 saturated heterocycles. The Bertz CT molecular complexity index is 462. The van der Waals surface area contributed by atoms with E-state index >= 15 is 0 Å². The molecule has 0 bridgehead atoms. The zero-order valence-electron chi connectivity index (χ0n) is 9.77. The van der Waals surface area contributed by atoms with Crippen LogP contribution in [0.25, 0.3) is 10.9 Å². The van der Waals surface area contributed by atoms with E-state index < -0.39 is 0 Å². The van der Waals surface area contributed by atoms with Gasteiger partial charge in [0.2, 0.25) is 0 Å². The number of ether oxygens (including phenoxy) is 1. The van der Waals surface area contributed by atoms with Gasteiger partial charge < -0.3 is 9.84 Å². The van der Waals surface area contributed by atoms with Gasteiger partial charge in [0.1, 0.15) is 11.3 Å². The average molecular weight is 220 g/mol. The third-order valence-corrected chi connectivity index (χ3v) is 2.67. The largest absolute Gasteiger partial charge is 0.494 e. The summed E-state index contributed by atoms with van der Waals surface area (Å²) in [6, 6.07) is 4.00. The predicted octanol–water partition coefficient (Wildman–Crippen LogP) is 2.12. The summed E-state index contributed by atoms with van der Waals surface area (Å²) in [6.07, 6.45) is 1.95. The zero-order chi connectivity index (χ0) is 11.7. The van der Waals surface area contributed by atoms with Gasteiger partial charge in [-0.25, -0.2) is 0 Å². The molecule has 0 atom stereocenters. The molecule has 0 unspecified atom stereocenters. The van der Waals surface area contributed by atoms with Crippen molar-refractivity contribution in [3.8, 4) is 5.75 Å². The van der Waals surface area contributed by atoms with Crippen molar-refractivity contribution in [2.24, 2.45) is 0 Å². The van der Waals surface area contributed by atoms with Crippen LogP contribution in [-0.2, 0) is 6.61 Å². The second-order valence-electron chi connectivity index (χ2n) is 4.05. The molecule has 4 heteroatoms. The monoisotopic (exact) mass is 220 g/mol. The summed E-state index contributed by atoms with van der Waals surface area (Å²) in [7, 11) is 1.63. The number of nitrogens with zero attached hydrogens (tertiary/aromatic N) is 2. The molecule has 86 valence electrons. The third-order valence-electron chi connectivity index (χ3n) is 2.67. The number of methoxy groups -OCH3 is 1. The minimum atomic E-state index is 0.0181. The van der Waals surface area contributed by atoms with Crippen molar-refractivity contribution in [2.75, 3.05) is 7.11 Å². The molecule has 0 fully saturated rings. The van der Waals surface area contributed by atoms with E-state index in [4.69, 9.17) is 4.74 Å². The Hall–Kier alpha value is -1.55. The van der Waals surface area contributed by atoms with E-state index in [1.54, 1.807) is 7.11 Å². The van der Waals surface area contributed by atoms with Gasteiger partial charge in [-0.3, -0.25) is 4.68 Å². The standard InChI is InChI=1S/C12H16N2O2/c1-8(2)14-6-10-9(7-15)4-5-11(16-3)12(10)13-14/h4-6,8,15H,7H2,1-3H3. The summed E-state index contributed by atoms with van der Waals surface area (Å²) >= 11 is 0. The molecule has 0 amide bonds. The van der Waals surface area contributed by atoms with Crippen LogP contribution in [0.4, 0.5) is 0 Å². The molecule has 4 nitrogen and oxygen atoms in total. The molecule has 1 N–H and O–H groups in total. The number of aromatic nitrogens is 2. The van der Waals surface area contributed by atoms with Gasteiger partial charge in [0.05, 0.1) is 13.7 Å². The lowest BCUT2D eigenvalue weighted by Crippen LogP contribution is -2.00. The zero-order valence-corrected chi connectivity index (χ0v) is 9.77. The molecule has 1 aromatic heterocycles. The van der Waals surface area contributed by atoms with Crippen molar-refractivity contribution in [1.29, 1.82) is 0 Å². The highest BCUT2D eigenvalue weighted by atomic mass is 16.5. The Balaban J connectivity index is 2.70. The number of benzene rings is 1. The van der Waals surface area contributed by atoms with Gasteiger partial charge in [-0.1, -0.05) is 6.07 Å². The van der Waals surface area contributed by atoms with Crippen LogP contribution >= 0.6 is 0 Å². The Morgan fingerprint density at radius 2 is 2.19 bits per heavy atom. The number of aliphatic hydroxyl groups is 1. The smallest absolute Gasteiger partial charge is 0.146 e. The van der Waals surface area contributed by atoms with Crippen LogP contribution in [0.2, 0.25) is 0 Å². The molecule has 2 rings (SSSR count). The minimum absolute atomic E-state index is 0.0181. The maximum atomic E-state index is 9.27. The number of aliphatic hydroxyl groups excluding tert-OH is 1. The lowest BCUT2D eigenvalue weighted by atomic mass is 10.1. The van der Waals surface area contributed by atoms with E-state index in [1.165, 1.54) is 0 Å². The Morgan fingerprint density at radius 3 is 2.75 bits per heavy atom. The van der Waals surface area contributed by atoms with Gasteiger partial charge in [0, 0.05) is 17.6 Å². The van der Waals surface area contributed by atoms with Gasteiger partial charge in [0.15, 0.2) is 0 Å². The van der Waals surface area contributed by atoms with Crippen LogP contribution in [0.5, 0.6) is 5.75 Å². The number of rotatable bonds is 3. The first kappa shape index (κ1) is 11.0. The molecule has 0 aliphatic rings. The first-order valence-electron chi connectivity index (χ1n) is 5.33. The molecular weight excluding hydrogens is 204 g/mol. The lowest BCUT2D eigenvalue weighted by Gasteiger charge is -2.03. The summed E-state index contributed by atoms with van der Waals surface area (Å²) < 4.78 is 7.14. The molecule has 1 aromatic carbocycles. The van der Waals surface area contributed by atoms with E-state index in [9.17, 15) is 5.11 Å². The van der Waals surface area contributed by atoms with E-state index in [1.807, 2.05) is 23.0 Å². The van der Waals surface area contributed by atoms with Crippen molar-refractivity contribution >= 4 is 10.9 Å². The molecular formula is C12H16N2O2. The fourth-order valence-electron chi connectivity index (χ4n) is 1.72. The SMILES string of the molecule is COc1ccc(CO)c2cn(C(C)C)nc12. The number of fused-ring (bicyclic) bond motifs is 1. The maximum absolute atomic E-state index is 9.27. The van der Waals surface area contributed by atoms with E-state index in [0.29, 0.717) is 6.04 Å². The van der Waals surface area contributed by atoms with Crippen molar-refractivity contribution < 1.29 is 9.84 Å². The normalized spacial score (nSPS) is 11.3. The van der Waals surface area contributed by atoms with Crippen LogP contribution in [0.3, 0.4) is 0 Å². The summed E-state index contributed by atoms with van der Waals surface area (Å²) in [4.78, 5) is 0.